The molecule has 2 N–H and O–H groups in total. The second-order valence-corrected chi connectivity index (χ2v) is 5.43. The molecular weight excluding hydrogens is 282 g/mol. The number of para-hydroxylation sites is 1. The fourth-order valence-electron chi connectivity index (χ4n) is 2.39. The van der Waals surface area contributed by atoms with Crippen molar-refractivity contribution in [1.82, 2.24) is 0 Å². The minimum atomic E-state index is -0.0836. The zero-order valence-electron chi connectivity index (χ0n) is 11.7. The fraction of sp³-hybridized carbons (Fsp3) is 0.111. The standard InChI is InChI=1S/C18H16ClNO/c1-12(20)13-6-4-5-9-17(13)21-18-11-10-16(19)14-7-2-3-8-15(14)18/h2-12H,20H2,1H3/t12-/m1/s1. The summed E-state index contributed by atoms with van der Waals surface area (Å²) in [6.07, 6.45) is 0. The summed E-state index contributed by atoms with van der Waals surface area (Å²) in [5.74, 6) is 1.56. The van der Waals surface area contributed by atoms with Gasteiger partial charge in [-0.2, -0.15) is 0 Å². The van der Waals surface area contributed by atoms with Crippen molar-refractivity contribution in [2.24, 2.45) is 5.73 Å². The summed E-state index contributed by atoms with van der Waals surface area (Å²) in [5.41, 5.74) is 6.99. The van der Waals surface area contributed by atoms with Crippen molar-refractivity contribution < 1.29 is 4.74 Å². The monoisotopic (exact) mass is 297 g/mol. The molecule has 0 amide bonds. The molecule has 1 atom stereocenters. The minimum absolute atomic E-state index is 0.0836. The van der Waals surface area contributed by atoms with Crippen molar-refractivity contribution in [3.05, 3.63) is 71.2 Å². The molecule has 0 saturated heterocycles. The van der Waals surface area contributed by atoms with Gasteiger partial charge in [0, 0.05) is 27.4 Å². The van der Waals surface area contributed by atoms with Crippen LogP contribution >= 0.6 is 11.6 Å². The lowest BCUT2D eigenvalue weighted by molar-refractivity contribution is 0.477. The molecule has 21 heavy (non-hydrogen) atoms. The summed E-state index contributed by atoms with van der Waals surface area (Å²) in [7, 11) is 0. The van der Waals surface area contributed by atoms with Crippen LogP contribution in [-0.2, 0) is 0 Å². The van der Waals surface area contributed by atoms with Gasteiger partial charge in [-0.05, 0) is 25.1 Å². The maximum Gasteiger partial charge on any atom is 0.135 e. The highest BCUT2D eigenvalue weighted by atomic mass is 35.5. The highest BCUT2D eigenvalue weighted by molar-refractivity contribution is 6.35. The van der Waals surface area contributed by atoms with Crippen molar-refractivity contribution in [1.29, 1.82) is 0 Å². The Hall–Kier alpha value is -2.03. The van der Waals surface area contributed by atoms with E-state index in [0.29, 0.717) is 0 Å². The second-order valence-electron chi connectivity index (χ2n) is 5.02. The molecular formula is C18H16ClNO. The van der Waals surface area contributed by atoms with Crippen LogP contribution in [0.5, 0.6) is 11.5 Å². The fourth-order valence-corrected chi connectivity index (χ4v) is 2.62. The first-order valence-corrected chi connectivity index (χ1v) is 7.24. The summed E-state index contributed by atoms with van der Waals surface area (Å²) >= 11 is 6.24. The van der Waals surface area contributed by atoms with Crippen LogP contribution in [0, 0.1) is 0 Å². The van der Waals surface area contributed by atoms with Crippen LogP contribution in [0.2, 0.25) is 5.02 Å². The molecule has 0 aliphatic carbocycles. The van der Waals surface area contributed by atoms with Crippen molar-refractivity contribution in [3.63, 3.8) is 0 Å². The Morgan fingerprint density at radius 2 is 1.52 bits per heavy atom. The molecule has 0 spiro atoms. The molecule has 2 nitrogen and oxygen atoms in total. The Bertz CT molecular complexity index is 783. The lowest BCUT2D eigenvalue weighted by Gasteiger charge is -2.15. The van der Waals surface area contributed by atoms with E-state index < -0.39 is 0 Å². The minimum Gasteiger partial charge on any atom is -0.456 e. The summed E-state index contributed by atoms with van der Waals surface area (Å²) < 4.78 is 6.10. The van der Waals surface area contributed by atoms with Crippen molar-refractivity contribution in [2.75, 3.05) is 0 Å². The van der Waals surface area contributed by atoms with E-state index in [4.69, 9.17) is 22.1 Å². The highest BCUT2D eigenvalue weighted by Crippen LogP contribution is 2.35. The van der Waals surface area contributed by atoms with E-state index in [1.165, 1.54) is 0 Å². The van der Waals surface area contributed by atoms with Crippen LogP contribution in [0.3, 0.4) is 0 Å². The summed E-state index contributed by atoms with van der Waals surface area (Å²) in [6.45, 7) is 1.95. The van der Waals surface area contributed by atoms with E-state index in [1.807, 2.05) is 67.6 Å². The van der Waals surface area contributed by atoms with Gasteiger partial charge in [0.1, 0.15) is 11.5 Å². The Morgan fingerprint density at radius 1 is 0.857 bits per heavy atom. The Balaban J connectivity index is 2.09. The molecule has 0 unspecified atom stereocenters. The van der Waals surface area contributed by atoms with Crippen LogP contribution in [0.4, 0.5) is 0 Å². The number of benzene rings is 3. The van der Waals surface area contributed by atoms with Crippen molar-refractivity contribution in [2.45, 2.75) is 13.0 Å². The largest absolute Gasteiger partial charge is 0.456 e. The number of ether oxygens (including phenoxy) is 1. The van der Waals surface area contributed by atoms with Gasteiger partial charge in [-0.15, -0.1) is 0 Å². The molecule has 0 saturated carbocycles. The second kappa shape index (κ2) is 5.76. The third-order valence-corrected chi connectivity index (χ3v) is 3.79. The molecule has 0 aromatic heterocycles. The number of halogens is 1. The smallest absolute Gasteiger partial charge is 0.135 e. The first-order chi connectivity index (χ1) is 10.2. The molecule has 0 fully saturated rings. The summed E-state index contributed by atoms with van der Waals surface area (Å²) in [4.78, 5) is 0. The first-order valence-electron chi connectivity index (χ1n) is 6.86. The molecule has 0 bridgehead atoms. The zero-order chi connectivity index (χ0) is 14.8. The van der Waals surface area contributed by atoms with Gasteiger partial charge in [-0.3, -0.25) is 0 Å². The van der Waals surface area contributed by atoms with Gasteiger partial charge in [0.2, 0.25) is 0 Å². The molecule has 0 radical (unpaired) electrons. The number of nitrogens with two attached hydrogens (primary N) is 1. The van der Waals surface area contributed by atoms with E-state index >= 15 is 0 Å². The predicted molar refractivity (Wildman–Crippen MR) is 88.1 cm³/mol. The number of hydrogen-bond acceptors (Lipinski definition) is 2. The maximum absolute atomic E-state index is 6.24. The van der Waals surface area contributed by atoms with Gasteiger partial charge in [0.15, 0.2) is 0 Å². The quantitative estimate of drug-likeness (QED) is 0.711. The third kappa shape index (κ3) is 2.73. The lowest BCUT2D eigenvalue weighted by atomic mass is 10.1. The normalized spacial score (nSPS) is 12.3. The van der Waals surface area contributed by atoms with E-state index in [1.54, 1.807) is 0 Å². The molecule has 3 aromatic carbocycles. The van der Waals surface area contributed by atoms with Crippen molar-refractivity contribution >= 4 is 22.4 Å². The first kappa shape index (κ1) is 13.9. The molecule has 3 heteroatoms. The summed E-state index contributed by atoms with van der Waals surface area (Å²) in [5, 5.41) is 2.69. The van der Waals surface area contributed by atoms with Gasteiger partial charge in [-0.25, -0.2) is 0 Å². The SMILES string of the molecule is C[C@@H](N)c1ccccc1Oc1ccc(Cl)c2ccccc12. The maximum atomic E-state index is 6.24. The van der Waals surface area contributed by atoms with Gasteiger partial charge in [0.05, 0.1) is 0 Å². The Morgan fingerprint density at radius 3 is 2.29 bits per heavy atom. The Kier molecular flexibility index (Phi) is 3.82. The Labute approximate surface area is 129 Å². The predicted octanol–water partition coefficient (Wildman–Crippen LogP) is 5.31. The van der Waals surface area contributed by atoms with Gasteiger partial charge in [-0.1, -0.05) is 54.1 Å². The average Bonchev–Trinajstić information content (AvgIpc) is 2.51. The zero-order valence-corrected chi connectivity index (χ0v) is 12.5. The van der Waals surface area contributed by atoms with Crippen molar-refractivity contribution in [3.8, 4) is 11.5 Å². The lowest BCUT2D eigenvalue weighted by Crippen LogP contribution is -2.06. The molecule has 0 aliphatic heterocycles. The van der Waals surface area contributed by atoms with E-state index in [2.05, 4.69) is 0 Å². The molecule has 3 rings (SSSR count). The van der Waals surface area contributed by atoms with Gasteiger partial charge >= 0.3 is 0 Å². The number of fused-ring (bicyclic) bond motifs is 1. The highest BCUT2D eigenvalue weighted by Gasteiger charge is 2.11. The average molecular weight is 298 g/mol. The molecule has 0 aliphatic rings. The van der Waals surface area contributed by atoms with Crippen LogP contribution in [0.15, 0.2) is 60.7 Å². The molecule has 0 heterocycles. The van der Waals surface area contributed by atoms with Gasteiger partial charge in [0.25, 0.3) is 0 Å². The van der Waals surface area contributed by atoms with Crippen LogP contribution in [0.1, 0.15) is 18.5 Å². The van der Waals surface area contributed by atoms with Crippen LogP contribution in [0.25, 0.3) is 10.8 Å². The van der Waals surface area contributed by atoms with Crippen LogP contribution in [-0.4, -0.2) is 0 Å². The number of hydrogen-bond donors (Lipinski definition) is 1. The van der Waals surface area contributed by atoms with E-state index in [-0.39, 0.29) is 6.04 Å². The number of rotatable bonds is 3. The van der Waals surface area contributed by atoms with E-state index in [9.17, 15) is 0 Å². The topological polar surface area (TPSA) is 35.2 Å². The van der Waals surface area contributed by atoms with Crippen LogP contribution < -0.4 is 10.5 Å². The third-order valence-electron chi connectivity index (χ3n) is 3.46. The molecule has 106 valence electrons. The summed E-state index contributed by atoms with van der Waals surface area (Å²) in [6, 6.07) is 19.4. The molecule has 3 aromatic rings. The van der Waals surface area contributed by atoms with E-state index in [0.717, 1.165) is 32.9 Å². The van der Waals surface area contributed by atoms with Gasteiger partial charge < -0.3 is 10.5 Å².